The summed E-state index contributed by atoms with van der Waals surface area (Å²) in [5, 5.41) is 11.4. The van der Waals surface area contributed by atoms with Gasteiger partial charge in [-0.15, -0.1) is 0 Å². The van der Waals surface area contributed by atoms with E-state index in [1.165, 1.54) is 90.1 Å². The largest absolute Gasteiger partial charge is 0.391 e. The van der Waals surface area contributed by atoms with Crippen LogP contribution in [0.25, 0.3) is 0 Å². The van der Waals surface area contributed by atoms with Crippen molar-refractivity contribution in [1.82, 2.24) is 4.90 Å². The van der Waals surface area contributed by atoms with Gasteiger partial charge in [0.25, 0.3) is 0 Å². The van der Waals surface area contributed by atoms with Crippen LogP contribution in [0.3, 0.4) is 0 Å². The van der Waals surface area contributed by atoms with Crippen molar-refractivity contribution in [2.75, 3.05) is 13.1 Å². The minimum atomic E-state index is -0.0663. The maximum atomic E-state index is 11.4. The Morgan fingerprint density at radius 2 is 1.62 bits per heavy atom. The first kappa shape index (κ1) is 15.8. The maximum absolute atomic E-state index is 11.4. The fraction of sp³-hybridized carbons (Fsp3) is 1.00. The molecule has 3 aliphatic rings. The number of hydrogen-bond acceptors (Lipinski definition) is 2. The van der Waals surface area contributed by atoms with Crippen LogP contribution in [0.1, 0.15) is 84.0 Å². The highest BCUT2D eigenvalue weighted by atomic mass is 16.3. The van der Waals surface area contributed by atoms with Crippen LogP contribution in [-0.2, 0) is 0 Å². The molecule has 1 saturated heterocycles. The zero-order valence-corrected chi connectivity index (χ0v) is 14.0. The number of nitrogens with zero attached hydrogens (tertiary/aromatic N) is 1. The summed E-state index contributed by atoms with van der Waals surface area (Å²) in [5.41, 5.74) is 0.149. The van der Waals surface area contributed by atoms with Gasteiger partial charge in [-0.05, 0) is 57.0 Å². The van der Waals surface area contributed by atoms with E-state index in [4.69, 9.17) is 0 Å². The summed E-state index contributed by atoms with van der Waals surface area (Å²) in [5.74, 6) is 1.35. The van der Waals surface area contributed by atoms with Crippen LogP contribution in [0, 0.1) is 11.8 Å². The van der Waals surface area contributed by atoms with E-state index >= 15 is 0 Å². The molecule has 3 atom stereocenters. The summed E-state index contributed by atoms with van der Waals surface area (Å²) in [6, 6.07) is 0. The topological polar surface area (TPSA) is 23.5 Å². The average molecular weight is 293 g/mol. The summed E-state index contributed by atoms with van der Waals surface area (Å²) in [4.78, 5) is 2.72. The second kappa shape index (κ2) is 7.00. The summed E-state index contributed by atoms with van der Waals surface area (Å²) in [6.45, 7) is 4.80. The second-order valence-corrected chi connectivity index (χ2v) is 7.92. The Bertz CT molecular complexity index is 318. The minimum absolute atomic E-state index is 0.0663. The Balaban J connectivity index is 1.78. The number of likely N-dealkylation sites (tertiary alicyclic amines) is 1. The molecule has 0 spiro atoms. The van der Waals surface area contributed by atoms with E-state index in [1.54, 1.807) is 0 Å². The monoisotopic (exact) mass is 293 g/mol. The Labute approximate surface area is 131 Å². The van der Waals surface area contributed by atoms with Gasteiger partial charge in [-0.2, -0.15) is 0 Å². The molecule has 0 aromatic rings. The van der Waals surface area contributed by atoms with Gasteiger partial charge >= 0.3 is 0 Å². The molecule has 0 radical (unpaired) electrons. The maximum Gasteiger partial charge on any atom is 0.0754 e. The Hall–Kier alpha value is -0.0800. The molecule has 0 amide bonds. The lowest BCUT2D eigenvalue weighted by Gasteiger charge is -2.50. The molecule has 122 valence electrons. The third-order valence-corrected chi connectivity index (χ3v) is 6.90. The summed E-state index contributed by atoms with van der Waals surface area (Å²) >= 11 is 0. The van der Waals surface area contributed by atoms with Crippen molar-refractivity contribution in [3.63, 3.8) is 0 Å². The minimum Gasteiger partial charge on any atom is -0.391 e. The molecule has 1 N–H and O–H groups in total. The first-order valence-corrected chi connectivity index (χ1v) is 9.71. The van der Waals surface area contributed by atoms with Gasteiger partial charge in [0.2, 0.25) is 0 Å². The highest BCUT2D eigenvalue weighted by Crippen LogP contribution is 2.46. The van der Waals surface area contributed by atoms with Crippen LogP contribution in [0.4, 0.5) is 0 Å². The van der Waals surface area contributed by atoms with Crippen molar-refractivity contribution < 1.29 is 5.11 Å². The van der Waals surface area contributed by atoms with E-state index in [9.17, 15) is 5.11 Å². The van der Waals surface area contributed by atoms with Gasteiger partial charge in [-0.25, -0.2) is 0 Å². The Morgan fingerprint density at radius 3 is 2.29 bits per heavy atom. The normalized spacial score (nSPS) is 35.7. The van der Waals surface area contributed by atoms with E-state index < -0.39 is 0 Å². The van der Waals surface area contributed by atoms with Gasteiger partial charge in [0, 0.05) is 5.54 Å². The van der Waals surface area contributed by atoms with Crippen molar-refractivity contribution in [1.29, 1.82) is 0 Å². The van der Waals surface area contributed by atoms with E-state index in [0.29, 0.717) is 5.92 Å². The van der Waals surface area contributed by atoms with E-state index in [-0.39, 0.29) is 11.6 Å². The van der Waals surface area contributed by atoms with E-state index in [0.717, 1.165) is 5.92 Å². The molecule has 2 saturated carbocycles. The predicted octanol–water partition coefficient (Wildman–Crippen LogP) is 4.36. The molecule has 3 fully saturated rings. The molecule has 1 aliphatic heterocycles. The van der Waals surface area contributed by atoms with Gasteiger partial charge in [0.1, 0.15) is 0 Å². The van der Waals surface area contributed by atoms with Gasteiger partial charge in [0.15, 0.2) is 0 Å². The molecule has 2 nitrogen and oxygen atoms in total. The molecule has 1 heterocycles. The van der Waals surface area contributed by atoms with Crippen LogP contribution in [0.2, 0.25) is 0 Å². The van der Waals surface area contributed by atoms with E-state index in [1.807, 2.05) is 0 Å². The predicted molar refractivity (Wildman–Crippen MR) is 88.4 cm³/mol. The van der Waals surface area contributed by atoms with Crippen LogP contribution in [-0.4, -0.2) is 34.7 Å². The first-order chi connectivity index (χ1) is 10.3. The fourth-order valence-electron chi connectivity index (χ4n) is 5.68. The number of aliphatic hydroxyl groups excluding tert-OH is 1. The van der Waals surface area contributed by atoms with Gasteiger partial charge in [-0.1, -0.05) is 51.9 Å². The van der Waals surface area contributed by atoms with Crippen molar-refractivity contribution >= 4 is 0 Å². The van der Waals surface area contributed by atoms with Crippen molar-refractivity contribution in [3.05, 3.63) is 0 Å². The fourth-order valence-corrected chi connectivity index (χ4v) is 5.68. The molecule has 0 aromatic heterocycles. The first-order valence-electron chi connectivity index (χ1n) is 9.71. The third kappa shape index (κ3) is 3.03. The van der Waals surface area contributed by atoms with Crippen molar-refractivity contribution in [2.24, 2.45) is 11.8 Å². The molecule has 3 unspecified atom stereocenters. The molecular weight excluding hydrogens is 258 g/mol. The third-order valence-electron chi connectivity index (χ3n) is 6.90. The number of hydrogen-bond donors (Lipinski definition) is 1. The Kier molecular flexibility index (Phi) is 5.27. The average Bonchev–Trinajstić information content (AvgIpc) is 3.06. The highest BCUT2D eigenvalue weighted by molar-refractivity contribution is 5.04. The van der Waals surface area contributed by atoms with Crippen LogP contribution >= 0.6 is 0 Å². The lowest BCUT2D eigenvalue weighted by molar-refractivity contribution is -0.0867. The van der Waals surface area contributed by atoms with Crippen molar-refractivity contribution in [3.8, 4) is 0 Å². The van der Waals surface area contributed by atoms with Crippen LogP contribution < -0.4 is 0 Å². The second-order valence-electron chi connectivity index (χ2n) is 7.92. The molecule has 0 bridgehead atoms. The summed E-state index contributed by atoms with van der Waals surface area (Å²) < 4.78 is 0. The Morgan fingerprint density at radius 1 is 0.952 bits per heavy atom. The van der Waals surface area contributed by atoms with E-state index in [2.05, 4.69) is 11.8 Å². The van der Waals surface area contributed by atoms with Gasteiger partial charge in [0.05, 0.1) is 6.10 Å². The molecule has 0 aromatic carbocycles. The smallest absolute Gasteiger partial charge is 0.0754 e. The molecule has 2 heteroatoms. The molecular formula is C19H35NO. The highest BCUT2D eigenvalue weighted by Gasteiger charge is 2.49. The standard InChI is InChI=1S/C19H35NO/c1-2-16-10-4-5-11-17(16)18(21)19(12-6-7-13-19)20-14-8-3-9-15-20/h16-18,21H,2-15H2,1H3. The molecule has 2 aliphatic carbocycles. The van der Waals surface area contributed by atoms with Gasteiger partial charge in [-0.3, -0.25) is 4.90 Å². The van der Waals surface area contributed by atoms with Crippen molar-refractivity contribution in [2.45, 2.75) is 95.6 Å². The number of piperidine rings is 1. The van der Waals surface area contributed by atoms with Crippen LogP contribution in [0.15, 0.2) is 0 Å². The lowest BCUT2D eigenvalue weighted by Crippen LogP contribution is -2.59. The van der Waals surface area contributed by atoms with Crippen LogP contribution in [0.5, 0.6) is 0 Å². The number of rotatable bonds is 4. The van der Waals surface area contributed by atoms with Gasteiger partial charge < -0.3 is 5.11 Å². The number of aliphatic hydroxyl groups is 1. The lowest BCUT2D eigenvalue weighted by atomic mass is 9.68. The summed E-state index contributed by atoms with van der Waals surface area (Å²) in [6.07, 6.45) is 15.8. The quantitative estimate of drug-likeness (QED) is 0.832. The molecule has 3 rings (SSSR count). The zero-order chi connectivity index (χ0) is 14.7. The summed E-state index contributed by atoms with van der Waals surface area (Å²) in [7, 11) is 0. The zero-order valence-electron chi connectivity index (χ0n) is 14.0. The SMILES string of the molecule is CCC1CCCCC1C(O)C1(N2CCCCC2)CCCC1. The molecule has 21 heavy (non-hydrogen) atoms.